The molecule has 0 amide bonds. The lowest BCUT2D eigenvalue weighted by Crippen LogP contribution is -2.37. The lowest BCUT2D eigenvalue weighted by molar-refractivity contribution is -0.159. The number of ether oxygens (including phenoxy) is 2. The van der Waals surface area contributed by atoms with E-state index in [9.17, 15) is 5.11 Å². The molecule has 0 bridgehead atoms. The molecular formula is C11H20O3. The van der Waals surface area contributed by atoms with Crippen LogP contribution in [0, 0.1) is 11.3 Å². The van der Waals surface area contributed by atoms with Crippen molar-refractivity contribution >= 4 is 0 Å². The van der Waals surface area contributed by atoms with Crippen molar-refractivity contribution in [2.75, 3.05) is 0 Å². The van der Waals surface area contributed by atoms with Crippen LogP contribution in [0.15, 0.2) is 0 Å². The third kappa shape index (κ3) is 1.58. The molecule has 2 aliphatic rings. The van der Waals surface area contributed by atoms with Crippen molar-refractivity contribution in [1.29, 1.82) is 0 Å². The van der Waals surface area contributed by atoms with Gasteiger partial charge >= 0.3 is 0 Å². The Kier molecular flexibility index (Phi) is 1.47. The zero-order chi connectivity index (χ0) is 14.1. The van der Waals surface area contributed by atoms with Crippen LogP contribution in [-0.2, 0) is 9.47 Å². The second-order valence-corrected chi connectivity index (χ2v) is 4.97. The van der Waals surface area contributed by atoms with Gasteiger partial charge in [0, 0.05) is 8.66 Å². The predicted molar refractivity (Wildman–Crippen MR) is 52.8 cm³/mol. The smallest absolute Gasteiger partial charge is 0.163 e. The average molecular weight is 204 g/mol. The van der Waals surface area contributed by atoms with E-state index in [1.165, 1.54) is 6.92 Å². The Morgan fingerprint density at radius 2 is 2.07 bits per heavy atom. The first-order valence-electron chi connectivity index (χ1n) is 6.87. The lowest BCUT2D eigenvalue weighted by atomic mass is 9.82. The summed E-state index contributed by atoms with van der Waals surface area (Å²) in [5, 5.41) is 10.4. The molecule has 0 aliphatic carbocycles. The Morgan fingerprint density at radius 3 is 2.57 bits per heavy atom. The minimum Gasteiger partial charge on any atom is -0.390 e. The molecule has 2 heterocycles. The third-order valence-electron chi connectivity index (χ3n) is 2.57. The zero-order valence-electron chi connectivity index (χ0n) is 13.0. The van der Waals surface area contributed by atoms with Gasteiger partial charge in [0.05, 0.1) is 21.0 Å². The SMILES string of the molecule is [2H]C1(O)C(C(C)(C)C)OC2OC([2H])(C)C([2H])([2H])C21. The summed E-state index contributed by atoms with van der Waals surface area (Å²) in [7, 11) is 0. The van der Waals surface area contributed by atoms with E-state index in [4.69, 9.17) is 15.0 Å². The number of hydrogen-bond donors (Lipinski definition) is 1. The van der Waals surface area contributed by atoms with Gasteiger partial charge in [-0.2, -0.15) is 0 Å². The van der Waals surface area contributed by atoms with Gasteiger partial charge in [-0.15, -0.1) is 0 Å². The normalized spacial score (nSPS) is 66.5. The highest BCUT2D eigenvalue weighted by Gasteiger charge is 2.52. The fourth-order valence-electron chi connectivity index (χ4n) is 1.90. The molecule has 5 unspecified atom stereocenters. The first-order valence-corrected chi connectivity index (χ1v) is 4.87. The van der Waals surface area contributed by atoms with E-state index in [2.05, 4.69) is 0 Å². The van der Waals surface area contributed by atoms with E-state index in [1.54, 1.807) is 0 Å². The number of hydrogen-bond acceptors (Lipinski definition) is 3. The summed E-state index contributed by atoms with van der Waals surface area (Å²) >= 11 is 0. The van der Waals surface area contributed by atoms with Gasteiger partial charge in [-0.05, 0) is 18.7 Å². The van der Waals surface area contributed by atoms with Crippen molar-refractivity contribution in [2.45, 2.75) is 58.6 Å². The summed E-state index contributed by atoms with van der Waals surface area (Å²) in [6, 6.07) is 0. The molecular weight excluding hydrogens is 180 g/mol. The van der Waals surface area contributed by atoms with Crippen molar-refractivity contribution in [3.05, 3.63) is 0 Å². The number of rotatable bonds is 0. The monoisotopic (exact) mass is 204 g/mol. The topological polar surface area (TPSA) is 38.7 Å². The molecule has 2 saturated heterocycles. The van der Waals surface area contributed by atoms with Gasteiger partial charge in [0.1, 0.15) is 0 Å². The lowest BCUT2D eigenvalue weighted by Gasteiger charge is -2.30. The van der Waals surface area contributed by atoms with E-state index < -0.39 is 42.3 Å². The largest absolute Gasteiger partial charge is 0.390 e. The van der Waals surface area contributed by atoms with Crippen molar-refractivity contribution in [3.63, 3.8) is 0 Å². The maximum absolute atomic E-state index is 10.4. The van der Waals surface area contributed by atoms with E-state index in [-0.39, 0.29) is 0 Å². The Morgan fingerprint density at radius 1 is 1.43 bits per heavy atom. The second-order valence-electron chi connectivity index (χ2n) is 4.97. The summed E-state index contributed by atoms with van der Waals surface area (Å²) in [4.78, 5) is 0. The first kappa shape index (κ1) is 6.46. The van der Waals surface area contributed by atoms with Gasteiger partial charge in [-0.25, -0.2) is 0 Å². The highest BCUT2D eigenvalue weighted by atomic mass is 16.7. The summed E-state index contributed by atoms with van der Waals surface area (Å²) in [6.45, 7) is 6.73. The van der Waals surface area contributed by atoms with E-state index in [1.807, 2.05) is 20.8 Å². The molecule has 14 heavy (non-hydrogen) atoms. The quantitative estimate of drug-likeness (QED) is 0.650. The Hall–Kier alpha value is -0.120. The van der Waals surface area contributed by atoms with Crippen LogP contribution >= 0.6 is 0 Å². The maximum atomic E-state index is 10.4. The van der Waals surface area contributed by atoms with Gasteiger partial charge < -0.3 is 14.6 Å². The van der Waals surface area contributed by atoms with Gasteiger partial charge in [-0.3, -0.25) is 0 Å². The molecule has 3 heteroatoms. The number of fused-ring (bicyclic) bond motifs is 1. The van der Waals surface area contributed by atoms with Gasteiger partial charge in [0.15, 0.2) is 6.29 Å². The van der Waals surface area contributed by atoms with Crippen molar-refractivity contribution < 1.29 is 20.1 Å². The van der Waals surface area contributed by atoms with Crippen molar-refractivity contribution in [2.24, 2.45) is 11.3 Å². The van der Waals surface area contributed by atoms with Crippen LogP contribution in [0.4, 0.5) is 0 Å². The standard InChI is InChI=1S/C11H20O3/c1-6-5-7-8(12)9(11(2,3)4)14-10(7)13-6/h6-10,12H,5H2,1-4H3/i5D2,6D,8D. The van der Waals surface area contributed by atoms with E-state index >= 15 is 0 Å². The second kappa shape index (κ2) is 3.19. The van der Waals surface area contributed by atoms with Crippen LogP contribution in [0.2, 0.25) is 0 Å². The Balaban J connectivity index is 2.41. The molecule has 2 fully saturated rings. The first-order chi connectivity index (χ1) is 7.82. The molecule has 0 aromatic rings. The molecule has 0 aromatic heterocycles. The molecule has 0 aromatic carbocycles. The molecule has 2 aliphatic heterocycles. The average Bonchev–Trinajstić information content (AvgIpc) is 2.43. The zero-order valence-corrected chi connectivity index (χ0v) is 9.00. The van der Waals surface area contributed by atoms with Gasteiger partial charge in [0.2, 0.25) is 0 Å². The molecule has 1 N–H and O–H groups in total. The summed E-state index contributed by atoms with van der Waals surface area (Å²) < 4.78 is 42.6. The van der Waals surface area contributed by atoms with Crippen molar-refractivity contribution in [3.8, 4) is 0 Å². The highest BCUT2D eigenvalue weighted by molar-refractivity contribution is 4.96. The molecule has 0 saturated carbocycles. The number of aliphatic hydroxyl groups is 1. The Bertz CT molecular complexity index is 362. The summed E-state index contributed by atoms with van der Waals surface area (Å²) in [5.41, 5.74) is -0.515. The van der Waals surface area contributed by atoms with Crippen LogP contribution in [0.3, 0.4) is 0 Å². The van der Waals surface area contributed by atoms with Crippen LogP contribution in [-0.4, -0.2) is 29.7 Å². The third-order valence-corrected chi connectivity index (χ3v) is 2.57. The minimum atomic E-state index is -2.14. The van der Waals surface area contributed by atoms with Gasteiger partial charge in [-0.1, -0.05) is 20.8 Å². The molecule has 0 radical (unpaired) electrons. The van der Waals surface area contributed by atoms with Crippen LogP contribution in [0.25, 0.3) is 0 Å². The van der Waals surface area contributed by atoms with E-state index in [0.717, 1.165) is 0 Å². The maximum Gasteiger partial charge on any atom is 0.163 e. The van der Waals surface area contributed by atoms with Crippen LogP contribution < -0.4 is 0 Å². The van der Waals surface area contributed by atoms with Crippen LogP contribution in [0.1, 0.15) is 39.6 Å². The summed E-state index contributed by atoms with van der Waals surface area (Å²) in [5.74, 6) is -1.18. The fourth-order valence-corrected chi connectivity index (χ4v) is 1.90. The van der Waals surface area contributed by atoms with Crippen molar-refractivity contribution in [1.82, 2.24) is 0 Å². The molecule has 5 atom stereocenters. The summed E-state index contributed by atoms with van der Waals surface area (Å²) in [6.07, 6.45) is -7.97. The predicted octanol–water partition coefficient (Wildman–Crippen LogP) is 1.54. The Labute approximate surface area is 91.0 Å². The molecule has 2 rings (SSSR count). The molecule has 0 spiro atoms. The minimum absolute atomic E-state index is 0.515. The highest BCUT2D eigenvalue weighted by Crippen LogP contribution is 2.43. The van der Waals surface area contributed by atoms with E-state index in [0.29, 0.717) is 0 Å². The fraction of sp³-hybridized carbons (Fsp3) is 1.00. The molecule has 82 valence electrons. The van der Waals surface area contributed by atoms with Gasteiger partial charge in [0.25, 0.3) is 0 Å². The van der Waals surface area contributed by atoms with Crippen LogP contribution in [0.5, 0.6) is 0 Å². The molecule has 3 nitrogen and oxygen atoms in total.